The highest BCUT2D eigenvalue weighted by molar-refractivity contribution is 7.11. The first-order valence-electron chi connectivity index (χ1n) is 5.47. The predicted octanol–water partition coefficient (Wildman–Crippen LogP) is 2.99. The zero-order chi connectivity index (χ0) is 10.1. The van der Waals surface area contributed by atoms with Crippen LogP contribution in [0.25, 0.3) is 0 Å². The van der Waals surface area contributed by atoms with Crippen molar-refractivity contribution >= 4 is 11.3 Å². The van der Waals surface area contributed by atoms with Crippen molar-refractivity contribution in [2.24, 2.45) is 5.73 Å². The van der Waals surface area contributed by atoms with E-state index in [1.807, 2.05) is 11.3 Å². The van der Waals surface area contributed by atoms with Crippen LogP contribution in [0.15, 0.2) is 0 Å². The molecule has 2 nitrogen and oxygen atoms in total. The Morgan fingerprint density at radius 3 is 3.07 bits per heavy atom. The summed E-state index contributed by atoms with van der Waals surface area (Å²) in [7, 11) is 0. The predicted molar refractivity (Wildman–Crippen MR) is 60.7 cm³/mol. The van der Waals surface area contributed by atoms with E-state index in [0.717, 1.165) is 6.42 Å². The highest BCUT2D eigenvalue weighted by Gasteiger charge is 2.22. The zero-order valence-electron chi connectivity index (χ0n) is 8.92. The van der Waals surface area contributed by atoms with Gasteiger partial charge in [0.25, 0.3) is 0 Å². The lowest BCUT2D eigenvalue weighted by atomic mass is 9.98. The van der Waals surface area contributed by atoms with E-state index in [-0.39, 0.29) is 6.04 Å². The summed E-state index contributed by atoms with van der Waals surface area (Å²) in [6.45, 7) is 4.46. The third kappa shape index (κ3) is 1.71. The summed E-state index contributed by atoms with van der Waals surface area (Å²) < 4.78 is 0. The molecule has 2 rings (SSSR count). The molecule has 3 heteroatoms. The topological polar surface area (TPSA) is 38.9 Å². The Kier molecular flexibility index (Phi) is 2.88. The number of nitrogens with two attached hydrogens (primary N) is 1. The molecule has 0 spiro atoms. The molecule has 0 radical (unpaired) electrons. The summed E-state index contributed by atoms with van der Waals surface area (Å²) in [5, 5.41) is 1.29. The molecule has 1 aliphatic rings. The molecule has 78 valence electrons. The molecule has 0 fully saturated rings. The minimum Gasteiger partial charge on any atom is -0.323 e. The minimum atomic E-state index is 0.202. The molecular formula is C11H18N2S. The highest BCUT2D eigenvalue weighted by atomic mass is 32.1. The molecule has 14 heavy (non-hydrogen) atoms. The average molecular weight is 210 g/mol. The van der Waals surface area contributed by atoms with Crippen LogP contribution in [0.4, 0.5) is 0 Å². The molecular weight excluding hydrogens is 192 g/mol. The Labute approximate surface area is 89.5 Å². The van der Waals surface area contributed by atoms with Crippen LogP contribution < -0.4 is 5.73 Å². The lowest BCUT2D eigenvalue weighted by molar-refractivity contribution is 0.560. The molecule has 0 aromatic carbocycles. The first kappa shape index (κ1) is 10.1. The molecule has 0 saturated heterocycles. The fourth-order valence-corrected chi connectivity index (χ4v) is 3.17. The maximum atomic E-state index is 6.05. The smallest absolute Gasteiger partial charge is 0.0959 e. The first-order valence-corrected chi connectivity index (χ1v) is 6.29. The second-order valence-electron chi connectivity index (χ2n) is 4.17. The third-order valence-electron chi connectivity index (χ3n) is 3.05. The molecule has 0 bridgehead atoms. The Hall–Kier alpha value is -0.410. The molecule has 0 aliphatic heterocycles. The molecule has 1 aliphatic carbocycles. The lowest BCUT2D eigenvalue weighted by Crippen LogP contribution is -2.16. The van der Waals surface area contributed by atoms with Gasteiger partial charge in [-0.25, -0.2) is 4.98 Å². The van der Waals surface area contributed by atoms with Gasteiger partial charge in [-0.05, 0) is 25.7 Å². The van der Waals surface area contributed by atoms with Gasteiger partial charge in [0.1, 0.15) is 0 Å². The van der Waals surface area contributed by atoms with Crippen molar-refractivity contribution in [3.63, 3.8) is 0 Å². The molecule has 1 aromatic heterocycles. The molecule has 1 heterocycles. The Bertz CT molecular complexity index is 319. The van der Waals surface area contributed by atoms with Crippen molar-refractivity contribution in [3.05, 3.63) is 15.6 Å². The molecule has 2 unspecified atom stereocenters. The number of hydrogen-bond acceptors (Lipinski definition) is 3. The summed E-state index contributed by atoms with van der Waals surface area (Å²) in [4.78, 5) is 6.14. The van der Waals surface area contributed by atoms with Gasteiger partial charge in [-0.1, -0.05) is 13.8 Å². The number of hydrogen-bond donors (Lipinski definition) is 1. The van der Waals surface area contributed by atoms with Crippen LogP contribution in [-0.4, -0.2) is 4.98 Å². The molecule has 0 amide bonds. The van der Waals surface area contributed by atoms with Gasteiger partial charge in [-0.3, -0.25) is 0 Å². The van der Waals surface area contributed by atoms with Gasteiger partial charge >= 0.3 is 0 Å². The monoisotopic (exact) mass is 210 g/mol. The Morgan fingerprint density at radius 1 is 1.64 bits per heavy atom. The molecule has 2 atom stereocenters. The van der Waals surface area contributed by atoms with E-state index in [0.29, 0.717) is 5.92 Å². The van der Waals surface area contributed by atoms with Gasteiger partial charge in [0.2, 0.25) is 0 Å². The number of fused-ring (bicyclic) bond motifs is 1. The van der Waals surface area contributed by atoms with E-state index in [9.17, 15) is 0 Å². The van der Waals surface area contributed by atoms with Crippen LogP contribution in [0.5, 0.6) is 0 Å². The largest absolute Gasteiger partial charge is 0.323 e. The van der Waals surface area contributed by atoms with Gasteiger partial charge in [-0.15, -0.1) is 11.3 Å². The maximum absolute atomic E-state index is 6.05. The summed E-state index contributed by atoms with van der Waals surface area (Å²) in [6.07, 6.45) is 4.70. The standard InChI is InChI=1S/C11H18N2S/c1-3-7(2)11-13-10-8(12)5-4-6-9(10)14-11/h7-8H,3-6,12H2,1-2H3. The van der Waals surface area contributed by atoms with Crippen molar-refractivity contribution in [3.8, 4) is 0 Å². The van der Waals surface area contributed by atoms with E-state index in [4.69, 9.17) is 10.7 Å². The maximum Gasteiger partial charge on any atom is 0.0959 e. The van der Waals surface area contributed by atoms with E-state index in [2.05, 4.69) is 13.8 Å². The van der Waals surface area contributed by atoms with Crippen molar-refractivity contribution in [2.45, 2.75) is 51.5 Å². The van der Waals surface area contributed by atoms with E-state index < -0.39 is 0 Å². The van der Waals surface area contributed by atoms with Crippen LogP contribution in [-0.2, 0) is 6.42 Å². The van der Waals surface area contributed by atoms with Crippen LogP contribution in [0, 0.1) is 0 Å². The molecule has 0 saturated carbocycles. The van der Waals surface area contributed by atoms with Gasteiger partial charge in [0.15, 0.2) is 0 Å². The Morgan fingerprint density at radius 2 is 2.43 bits per heavy atom. The van der Waals surface area contributed by atoms with Gasteiger partial charge < -0.3 is 5.73 Å². The fraction of sp³-hybridized carbons (Fsp3) is 0.727. The third-order valence-corrected chi connectivity index (χ3v) is 4.41. The van der Waals surface area contributed by atoms with Crippen molar-refractivity contribution < 1.29 is 0 Å². The minimum absolute atomic E-state index is 0.202. The number of thiazole rings is 1. The summed E-state index contributed by atoms with van der Waals surface area (Å²) in [5.74, 6) is 0.595. The van der Waals surface area contributed by atoms with Crippen LogP contribution in [0.1, 0.15) is 60.6 Å². The van der Waals surface area contributed by atoms with E-state index in [1.165, 1.54) is 34.8 Å². The van der Waals surface area contributed by atoms with Crippen LogP contribution >= 0.6 is 11.3 Å². The fourth-order valence-electron chi connectivity index (χ4n) is 1.86. The van der Waals surface area contributed by atoms with Crippen LogP contribution in [0.2, 0.25) is 0 Å². The van der Waals surface area contributed by atoms with E-state index in [1.54, 1.807) is 0 Å². The lowest BCUT2D eigenvalue weighted by Gasteiger charge is -2.15. The molecule has 2 N–H and O–H groups in total. The Balaban J connectivity index is 2.30. The highest BCUT2D eigenvalue weighted by Crippen LogP contribution is 2.35. The summed E-state index contributed by atoms with van der Waals surface area (Å²) in [5.41, 5.74) is 7.24. The SMILES string of the molecule is CCC(C)c1nc2c(s1)CCCC2N. The van der Waals surface area contributed by atoms with Gasteiger partial charge in [0, 0.05) is 16.8 Å². The number of rotatable bonds is 2. The zero-order valence-corrected chi connectivity index (χ0v) is 9.73. The quantitative estimate of drug-likeness (QED) is 0.815. The average Bonchev–Trinajstić information content (AvgIpc) is 2.62. The van der Waals surface area contributed by atoms with Crippen molar-refractivity contribution in [2.75, 3.05) is 0 Å². The van der Waals surface area contributed by atoms with Gasteiger partial charge in [-0.2, -0.15) is 0 Å². The van der Waals surface area contributed by atoms with Gasteiger partial charge in [0.05, 0.1) is 10.7 Å². The second-order valence-corrected chi connectivity index (χ2v) is 5.28. The van der Waals surface area contributed by atoms with E-state index >= 15 is 0 Å². The summed E-state index contributed by atoms with van der Waals surface area (Å²) in [6, 6.07) is 0.202. The summed E-state index contributed by atoms with van der Waals surface area (Å²) >= 11 is 1.88. The molecule has 1 aromatic rings. The van der Waals surface area contributed by atoms with Crippen molar-refractivity contribution in [1.29, 1.82) is 0 Å². The van der Waals surface area contributed by atoms with Crippen molar-refractivity contribution in [1.82, 2.24) is 4.98 Å². The second kappa shape index (κ2) is 3.99. The normalized spacial score (nSPS) is 23.2. The van der Waals surface area contributed by atoms with Crippen LogP contribution in [0.3, 0.4) is 0 Å². The number of aromatic nitrogens is 1. The number of nitrogens with zero attached hydrogens (tertiary/aromatic N) is 1. The first-order chi connectivity index (χ1) is 6.72. The number of aryl methyl sites for hydroxylation is 1.